The first-order valence-corrected chi connectivity index (χ1v) is 5.00. The van der Waals surface area contributed by atoms with Crippen molar-refractivity contribution in [3.8, 4) is 0 Å². The molecule has 0 unspecified atom stereocenters. The van der Waals surface area contributed by atoms with Gasteiger partial charge in [-0.3, -0.25) is 7.05 Å². The molecule has 2 rings (SSSR count). The molecule has 2 heterocycles. The zero-order valence-corrected chi connectivity index (χ0v) is 7.72. The first kappa shape index (κ1) is 8.52. The SMILES string of the molecule is [CH2-]N1CCC2(CCCCO2)CC1. The Balaban J connectivity index is 1.92. The van der Waals surface area contributed by atoms with Crippen LogP contribution in [0.1, 0.15) is 32.1 Å². The fraction of sp³-hybridized carbons (Fsp3) is 0.900. The molecule has 0 amide bonds. The highest BCUT2D eigenvalue weighted by atomic mass is 16.5. The molecule has 2 aliphatic rings. The smallest absolute Gasteiger partial charge is 0.0705 e. The Morgan fingerprint density at radius 2 is 1.83 bits per heavy atom. The minimum absolute atomic E-state index is 0.256. The second kappa shape index (κ2) is 3.35. The highest BCUT2D eigenvalue weighted by molar-refractivity contribution is 4.89. The molecule has 12 heavy (non-hydrogen) atoms. The first-order chi connectivity index (χ1) is 5.81. The summed E-state index contributed by atoms with van der Waals surface area (Å²) in [4.78, 5) is 2.16. The third kappa shape index (κ3) is 1.64. The quantitative estimate of drug-likeness (QED) is 0.511. The summed E-state index contributed by atoms with van der Waals surface area (Å²) in [5.41, 5.74) is 0.256. The maximum absolute atomic E-state index is 5.90. The van der Waals surface area contributed by atoms with E-state index in [1.807, 2.05) is 0 Å². The summed E-state index contributed by atoms with van der Waals surface area (Å²) in [7, 11) is 3.95. The second-order valence-corrected chi connectivity index (χ2v) is 4.11. The molecule has 70 valence electrons. The molecule has 0 aliphatic carbocycles. The van der Waals surface area contributed by atoms with Crippen LogP contribution in [0.4, 0.5) is 0 Å². The van der Waals surface area contributed by atoms with Gasteiger partial charge in [0.2, 0.25) is 0 Å². The van der Waals surface area contributed by atoms with Crippen molar-refractivity contribution >= 4 is 0 Å². The fourth-order valence-electron chi connectivity index (χ4n) is 2.26. The largest absolute Gasteiger partial charge is 0.459 e. The number of piperidine rings is 1. The lowest BCUT2D eigenvalue weighted by molar-refractivity contribution is -0.107. The van der Waals surface area contributed by atoms with Gasteiger partial charge in [-0.2, -0.15) is 0 Å². The molecule has 2 heteroatoms. The van der Waals surface area contributed by atoms with E-state index in [2.05, 4.69) is 11.9 Å². The Kier molecular flexibility index (Phi) is 2.37. The van der Waals surface area contributed by atoms with Crippen LogP contribution in [0.3, 0.4) is 0 Å². The number of likely N-dealkylation sites (tertiary alicyclic amines) is 1. The van der Waals surface area contributed by atoms with Gasteiger partial charge in [0.15, 0.2) is 0 Å². The van der Waals surface area contributed by atoms with Crippen molar-refractivity contribution < 1.29 is 4.74 Å². The maximum atomic E-state index is 5.90. The van der Waals surface area contributed by atoms with Crippen LogP contribution in [0, 0.1) is 7.05 Å². The number of hydrogen-bond donors (Lipinski definition) is 0. The van der Waals surface area contributed by atoms with Crippen molar-refractivity contribution in [3.63, 3.8) is 0 Å². The Morgan fingerprint density at radius 3 is 2.42 bits per heavy atom. The van der Waals surface area contributed by atoms with Gasteiger partial charge in [0, 0.05) is 6.61 Å². The van der Waals surface area contributed by atoms with Crippen LogP contribution < -0.4 is 0 Å². The molecule has 0 aromatic carbocycles. The van der Waals surface area contributed by atoms with E-state index < -0.39 is 0 Å². The first-order valence-electron chi connectivity index (χ1n) is 5.00. The minimum Gasteiger partial charge on any atom is -0.459 e. The van der Waals surface area contributed by atoms with Crippen LogP contribution in [0.15, 0.2) is 0 Å². The molecule has 2 saturated heterocycles. The summed E-state index contributed by atoms with van der Waals surface area (Å²) in [6, 6.07) is 0. The lowest BCUT2D eigenvalue weighted by Gasteiger charge is -2.45. The van der Waals surface area contributed by atoms with Crippen LogP contribution in [0.5, 0.6) is 0 Å². The lowest BCUT2D eigenvalue weighted by atomic mass is 9.85. The van der Waals surface area contributed by atoms with Gasteiger partial charge in [-0.25, -0.2) is 0 Å². The van der Waals surface area contributed by atoms with Crippen LogP contribution in [0.25, 0.3) is 0 Å². The molecular formula is C10H18NO-. The Bertz CT molecular complexity index is 142. The molecule has 0 saturated carbocycles. The number of rotatable bonds is 0. The molecule has 0 bridgehead atoms. The highest BCUT2D eigenvalue weighted by Gasteiger charge is 2.34. The normalized spacial score (nSPS) is 30.8. The summed E-state index contributed by atoms with van der Waals surface area (Å²) in [5.74, 6) is 0. The van der Waals surface area contributed by atoms with Gasteiger partial charge in [-0.1, -0.05) is 0 Å². The van der Waals surface area contributed by atoms with E-state index in [1.165, 1.54) is 32.1 Å². The second-order valence-electron chi connectivity index (χ2n) is 4.11. The molecular weight excluding hydrogens is 150 g/mol. The lowest BCUT2D eigenvalue weighted by Crippen LogP contribution is -2.45. The van der Waals surface area contributed by atoms with Crippen LogP contribution in [0.2, 0.25) is 0 Å². The van der Waals surface area contributed by atoms with E-state index in [0.29, 0.717) is 0 Å². The highest BCUT2D eigenvalue weighted by Crippen LogP contribution is 2.34. The zero-order valence-electron chi connectivity index (χ0n) is 7.72. The molecule has 0 N–H and O–H groups in total. The van der Waals surface area contributed by atoms with Gasteiger partial charge in [-0.05, 0) is 45.2 Å². The van der Waals surface area contributed by atoms with Crippen molar-refractivity contribution in [1.29, 1.82) is 0 Å². The maximum Gasteiger partial charge on any atom is 0.0705 e. The Hall–Kier alpha value is -0.0800. The molecule has 0 aromatic rings. The average molecular weight is 168 g/mol. The standard InChI is InChI=1S/C10H18NO/c1-11-7-5-10(6-8-11)4-2-3-9-12-10/h1-9H2/q-1. The van der Waals surface area contributed by atoms with Gasteiger partial charge in [-0.15, -0.1) is 0 Å². The molecule has 0 atom stereocenters. The molecule has 2 nitrogen and oxygen atoms in total. The van der Waals surface area contributed by atoms with Gasteiger partial charge in [0.05, 0.1) is 5.60 Å². The van der Waals surface area contributed by atoms with E-state index in [0.717, 1.165) is 19.7 Å². The summed E-state index contributed by atoms with van der Waals surface area (Å²) in [6.07, 6.45) is 6.28. The fourth-order valence-corrected chi connectivity index (χ4v) is 2.26. The summed E-state index contributed by atoms with van der Waals surface area (Å²) in [5, 5.41) is 0. The van der Waals surface area contributed by atoms with Crippen molar-refractivity contribution in [3.05, 3.63) is 7.05 Å². The van der Waals surface area contributed by atoms with E-state index in [-0.39, 0.29) is 5.60 Å². The third-order valence-corrected chi connectivity index (χ3v) is 3.20. The molecule has 0 radical (unpaired) electrons. The third-order valence-electron chi connectivity index (χ3n) is 3.20. The predicted octanol–water partition coefficient (Wildman–Crippen LogP) is 1.81. The number of ether oxygens (including phenoxy) is 1. The van der Waals surface area contributed by atoms with Gasteiger partial charge in [0.25, 0.3) is 0 Å². The van der Waals surface area contributed by atoms with Crippen molar-refractivity contribution in [2.45, 2.75) is 37.7 Å². The number of hydrogen-bond acceptors (Lipinski definition) is 2. The van der Waals surface area contributed by atoms with Crippen LogP contribution >= 0.6 is 0 Å². The predicted molar refractivity (Wildman–Crippen MR) is 48.7 cm³/mol. The van der Waals surface area contributed by atoms with E-state index in [4.69, 9.17) is 4.74 Å². The van der Waals surface area contributed by atoms with E-state index in [9.17, 15) is 0 Å². The molecule has 0 aromatic heterocycles. The van der Waals surface area contributed by atoms with Gasteiger partial charge < -0.3 is 9.64 Å². The number of nitrogens with zero attached hydrogens (tertiary/aromatic N) is 1. The molecule has 2 fully saturated rings. The Labute approximate surface area is 74.9 Å². The topological polar surface area (TPSA) is 12.5 Å². The van der Waals surface area contributed by atoms with Crippen LogP contribution in [-0.4, -0.2) is 30.2 Å². The summed E-state index contributed by atoms with van der Waals surface area (Å²) < 4.78 is 5.90. The summed E-state index contributed by atoms with van der Waals surface area (Å²) >= 11 is 0. The van der Waals surface area contributed by atoms with E-state index in [1.54, 1.807) is 0 Å². The monoisotopic (exact) mass is 168 g/mol. The zero-order chi connectivity index (χ0) is 8.44. The average Bonchev–Trinajstić information content (AvgIpc) is 2.13. The molecule has 2 aliphatic heterocycles. The molecule has 1 spiro atoms. The van der Waals surface area contributed by atoms with Crippen molar-refractivity contribution in [1.82, 2.24) is 4.90 Å². The Morgan fingerprint density at radius 1 is 1.08 bits per heavy atom. The van der Waals surface area contributed by atoms with E-state index >= 15 is 0 Å². The van der Waals surface area contributed by atoms with Crippen LogP contribution in [-0.2, 0) is 4.74 Å². The van der Waals surface area contributed by atoms with Gasteiger partial charge >= 0.3 is 0 Å². The summed E-state index contributed by atoms with van der Waals surface area (Å²) in [6.45, 7) is 3.21. The van der Waals surface area contributed by atoms with Crippen molar-refractivity contribution in [2.75, 3.05) is 19.7 Å². The van der Waals surface area contributed by atoms with Gasteiger partial charge in [0.1, 0.15) is 0 Å². The minimum atomic E-state index is 0.256. The van der Waals surface area contributed by atoms with Crippen molar-refractivity contribution in [2.24, 2.45) is 0 Å².